The highest BCUT2D eigenvalue weighted by molar-refractivity contribution is 5.94. The van der Waals surface area contributed by atoms with E-state index in [1.807, 2.05) is 13.8 Å². The van der Waals surface area contributed by atoms with Gasteiger partial charge in [-0.15, -0.1) is 0 Å². The van der Waals surface area contributed by atoms with Gasteiger partial charge in [-0.2, -0.15) is 5.10 Å². The molecule has 0 unspecified atom stereocenters. The molecule has 0 aliphatic carbocycles. The Balaban J connectivity index is 1.42. The summed E-state index contributed by atoms with van der Waals surface area (Å²) in [6, 6.07) is 11.1. The Morgan fingerprint density at radius 1 is 1.09 bits per heavy atom. The molecule has 182 valence electrons. The van der Waals surface area contributed by atoms with E-state index in [-0.39, 0.29) is 30.4 Å². The molecule has 2 heterocycles. The van der Waals surface area contributed by atoms with Gasteiger partial charge >= 0.3 is 0 Å². The van der Waals surface area contributed by atoms with Crippen LogP contribution in [0.4, 0.5) is 4.39 Å². The third kappa shape index (κ3) is 5.48. The maximum absolute atomic E-state index is 13.5. The van der Waals surface area contributed by atoms with Crippen molar-refractivity contribution in [2.45, 2.75) is 26.9 Å². The van der Waals surface area contributed by atoms with Crippen molar-refractivity contribution in [3.63, 3.8) is 0 Å². The molecule has 10 heteroatoms. The van der Waals surface area contributed by atoms with E-state index in [2.05, 4.69) is 15.4 Å². The molecule has 0 atom stereocenters. The second-order valence-corrected chi connectivity index (χ2v) is 7.70. The van der Waals surface area contributed by atoms with Gasteiger partial charge in [0.1, 0.15) is 17.5 Å². The van der Waals surface area contributed by atoms with E-state index in [1.54, 1.807) is 35.0 Å². The van der Waals surface area contributed by atoms with Crippen LogP contribution in [0.3, 0.4) is 0 Å². The zero-order valence-corrected chi connectivity index (χ0v) is 19.5. The van der Waals surface area contributed by atoms with Gasteiger partial charge in [-0.3, -0.25) is 14.2 Å². The van der Waals surface area contributed by atoms with E-state index in [9.17, 15) is 14.0 Å². The first-order chi connectivity index (χ1) is 17.0. The molecule has 2 aromatic carbocycles. The van der Waals surface area contributed by atoms with Gasteiger partial charge in [-0.05, 0) is 49.7 Å². The highest BCUT2D eigenvalue weighted by Gasteiger charge is 2.13. The van der Waals surface area contributed by atoms with Crippen LogP contribution in [0.1, 0.15) is 29.8 Å². The standard InChI is InChI=1S/C25H26FN5O4/c1-3-34-21-9-8-18(13-22(21)35-4-2)24(32)27-10-11-31-23-20(14-29-31)25(33)30(16-28-23)15-17-6-5-7-19(26)12-17/h5-9,12-14,16H,3-4,10-11,15H2,1-2H3,(H,27,32). The molecule has 0 radical (unpaired) electrons. The molecule has 9 nitrogen and oxygen atoms in total. The van der Waals surface area contributed by atoms with Crippen molar-refractivity contribution in [3.8, 4) is 11.5 Å². The van der Waals surface area contributed by atoms with E-state index >= 15 is 0 Å². The number of hydrogen-bond donors (Lipinski definition) is 1. The van der Waals surface area contributed by atoms with Gasteiger partial charge in [0.25, 0.3) is 11.5 Å². The van der Waals surface area contributed by atoms with Crippen molar-refractivity contribution >= 4 is 16.9 Å². The second kappa shape index (κ2) is 10.8. The molecule has 35 heavy (non-hydrogen) atoms. The number of carbonyl (C=O) groups excluding carboxylic acids is 1. The largest absolute Gasteiger partial charge is 0.490 e. The minimum Gasteiger partial charge on any atom is -0.490 e. The van der Waals surface area contributed by atoms with Crippen LogP contribution in [0.5, 0.6) is 11.5 Å². The number of aromatic nitrogens is 4. The van der Waals surface area contributed by atoms with Crippen LogP contribution in [-0.4, -0.2) is 45.0 Å². The summed E-state index contributed by atoms with van der Waals surface area (Å²) >= 11 is 0. The van der Waals surface area contributed by atoms with Gasteiger partial charge in [-0.25, -0.2) is 14.1 Å². The Bertz CT molecular complexity index is 1400. The molecule has 4 aromatic rings. The molecule has 0 saturated carbocycles. The first-order valence-electron chi connectivity index (χ1n) is 11.3. The molecular weight excluding hydrogens is 453 g/mol. The summed E-state index contributed by atoms with van der Waals surface area (Å²) < 4.78 is 27.5. The van der Waals surface area contributed by atoms with E-state index < -0.39 is 0 Å². The number of amides is 1. The number of nitrogens with one attached hydrogen (secondary N) is 1. The Kier molecular flexibility index (Phi) is 7.39. The monoisotopic (exact) mass is 479 g/mol. The van der Waals surface area contributed by atoms with Crippen molar-refractivity contribution in [3.05, 3.63) is 82.3 Å². The first-order valence-corrected chi connectivity index (χ1v) is 11.3. The van der Waals surface area contributed by atoms with Gasteiger partial charge in [0.2, 0.25) is 0 Å². The maximum atomic E-state index is 13.5. The number of ether oxygens (including phenoxy) is 2. The fourth-order valence-corrected chi connectivity index (χ4v) is 3.68. The summed E-state index contributed by atoms with van der Waals surface area (Å²) in [7, 11) is 0. The molecule has 0 fully saturated rings. The van der Waals surface area contributed by atoms with Crippen LogP contribution >= 0.6 is 0 Å². The van der Waals surface area contributed by atoms with Gasteiger partial charge in [0.15, 0.2) is 17.1 Å². The van der Waals surface area contributed by atoms with Crippen molar-refractivity contribution in [1.82, 2.24) is 24.6 Å². The SMILES string of the molecule is CCOc1ccc(C(=O)NCCn2ncc3c(=O)n(Cc4cccc(F)c4)cnc32)cc1OCC. The number of halogens is 1. The highest BCUT2D eigenvalue weighted by atomic mass is 19.1. The lowest BCUT2D eigenvalue weighted by Crippen LogP contribution is -2.28. The minimum absolute atomic E-state index is 0.201. The zero-order valence-electron chi connectivity index (χ0n) is 19.5. The average Bonchev–Trinajstić information content (AvgIpc) is 3.26. The normalized spacial score (nSPS) is 10.9. The van der Waals surface area contributed by atoms with Crippen LogP contribution in [0, 0.1) is 5.82 Å². The maximum Gasteiger partial charge on any atom is 0.264 e. The van der Waals surface area contributed by atoms with Gasteiger partial charge in [0.05, 0.1) is 32.5 Å². The van der Waals surface area contributed by atoms with Crippen molar-refractivity contribution in [2.24, 2.45) is 0 Å². The van der Waals surface area contributed by atoms with E-state index in [0.717, 1.165) is 0 Å². The third-order valence-corrected chi connectivity index (χ3v) is 5.28. The van der Waals surface area contributed by atoms with Gasteiger partial charge < -0.3 is 14.8 Å². The quantitative estimate of drug-likeness (QED) is 0.375. The molecule has 4 rings (SSSR count). The lowest BCUT2D eigenvalue weighted by Gasteiger charge is -2.12. The lowest BCUT2D eigenvalue weighted by atomic mass is 10.2. The zero-order chi connectivity index (χ0) is 24.8. The molecule has 1 amide bonds. The van der Waals surface area contributed by atoms with Crippen molar-refractivity contribution < 1.29 is 18.7 Å². The smallest absolute Gasteiger partial charge is 0.264 e. The van der Waals surface area contributed by atoms with Crippen LogP contribution in [-0.2, 0) is 13.1 Å². The molecule has 0 saturated heterocycles. The molecule has 0 aliphatic rings. The number of rotatable bonds is 10. The third-order valence-electron chi connectivity index (χ3n) is 5.28. The first kappa shape index (κ1) is 23.9. The topological polar surface area (TPSA) is 100 Å². The Hall–Kier alpha value is -4.21. The fourth-order valence-electron chi connectivity index (χ4n) is 3.68. The van der Waals surface area contributed by atoms with E-state index in [4.69, 9.17) is 9.47 Å². The van der Waals surface area contributed by atoms with Crippen LogP contribution in [0.15, 0.2) is 59.8 Å². The lowest BCUT2D eigenvalue weighted by molar-refractivity contribution is 0.0951. The Morgan fingerprint density at radius 2 is 1.89 bits per heavy atom. The predicted molar refractivity (Wildman–Crippen MR) is 128 cm³/mol. The number of carbonyl (C=O) groups is 1. The van der Waals surface area contributed by atoms with E-state index in [1.165, 1.54) is 29.2 Å². The minimum atomic E-state index is -0.362. The van der Waals surface area contributed by atoms with E-state index in [0.29, 0.717) is 53.4 Å². The Labute approximate surface area is 201 Å². The number of hydrogen-bond acceptors (Lipinski definition) is 6. The molecular formula is C25H26FN5O4. The summed E-state index contributed by atoms with van der Waals surface area (Å²) in [5, 5.41) is 7.45. The summed E-state index contributed by atoms with van der Waals surface area (Å²) in [5.41, 5.74) is 1.25. The molecule has 0 bridgehead atoms. The number of benzene rings is 2. The van der Waals surface area contributed by atoms with Gasteiger partial charge in [0, 0.05) is 12.1 Å². The Morgan fingerprint density at radius 3 is 2.66 bits per heavy atom. The summed E-state index contributed by atoms with van der Waals surface area (Å²) in [6.07, 6.45) is 2.87. The molecule has 0 spiro atoms. The van der Waals surface area contributed by atoms with Gasteiger partial charge in [-0.1, -0.05) is 12.1 Å². The average molecular weight is 480 g/mol. The predicted octanol–water partition coefficient (Wildman–Crippen LogP) is 3.01. The molecule has 1 N–H and O–H groups in total. The number of nitrogens with zero attached hydrogens (tertiary/aromatic N) is 4. The van der Waals surface area contributed by atoms with Crippen LogP contribution in [0.25, 0.3) is 11.0 Å². The van der Waals surface area contributed by atoms with Crippen molar-refractivity contribution in [1.29, 1.82) is 0 Å². The number of fused-ring (bicyclic) bond motifs is 1. The highest BCUT2D eigenvalue weighted by Crippen LogP contribution is 2.28. The summed E-state index contributed by atoms with van der Waals surface area (Å²) in [5.74, 6) is 0.469. The van der Waals surface area contributed by atoms with Crippen molar-refractivity contribution in [2.75, 3.05) is 19.8 Å². The molecule has 0 aliphatic heterocycles. The fraction of sp³-hybridized carbons (Fsp3) is 0.280. The van der Waals surface area contributed by atoms with Crippen LogP contribution < -0.4 is 20.3 Å². The second-order valence-electron chi connectivity index (χ2n) is 7.70. The summed E-state index contributed by atoms with van der Waals surface area (Å²) in [4.78, 5) is 29.8. The molecule has 2 aromatic heterocycles. The van der Waals surface area contributed by atoms with Crippen LogP contribution in [0.2, 0.25) is 0 Å². The summed E-state index contributed by atoms with van der Waals surface area (Å²) in [6.45, 7) is 5.49.